The number of amides is 3. The van der Waals surface area contributed by atoms with E-state index in [2.05, 4.69) is 25.8 Å². The maximum Gasteiger partial charge on any atom is 0.407 e. The molecule has 208 valence electrons. The first-order chi connectivity index (χ1) is 19.0. The van der Waals surface area contributed by atoms with Crippen LogP contribution in [-0.4, -0.2) is 68.1 Å². The van der Waals surface area contributed by atoms with Crippen LogP contribution < -0.4 is 20.7 Å². The van der Waals surface area contributed by atoms with Crippen LogP contribution >= 0.6 is 0 Å². The Hall–Kier alpha value is -4.09. The normalized spacial score (nSPS) is 14.3. The molecule has 3 N–H and O–H groups in total. The van der Waals surface area contributed by atoms with Crippen molar-refractivity contribution in [1.29, 1.82) is 0 Å². The first kappa shape index (κ1) is 27.9. The van der Waals surface area contributed by atoms with Gasteiger partial charge < -0.3 is 34.6 Å². The highest BCUT2D eigenvalue weighted by Crippen LogP contribution is 2.32. The number of rotatable bonds is 11. The molecule has 0 radical (unpaired) electrons. The molecule has 3 aromatic rings. The number of nitrogens with zero attached hydrogens (tertiary/aromatic N) is 2. The van der Waals surface area contributed by atoms with Crippen molar-refractivity contribution >= 4 is 23.5 Å². The van der Waals surface area contributed by atoms with E-state index < -0.39 is 12.1 Å². The predicted molar refractivity (Wildman–Crippen MR) is 147 cm³/mol. The maximum atomic E-state index is 12.6. The molecule has 0 bridgehead atoms. The van der Waals surface area contributed by atoms with E-state index in [1.165, 1.54) is 6.39 Å². The fraction of sp³-hybridized carbons (Fsp3) is 0.393. The summed E-state index contributed by atoms with van der Waals surface area (Å²) in [4.78, 5) is 31.2. The lowest BCUT2D eigenvalue weighted by molar-refractivity contribution is 0.0266. The number of ether oxygens (including phenoxy) is 3. The number of hydrogen-bond acceptors (Lipinski definition) is 8. The van der Waals surface area contributed by atoms with Crippen LogP contribution in [0.5, 0.6) is 5.75 Å². The van der Waals surface area contributed by atoms with Gasteiger partial charge in [0.15, 0.2) is 12.2 Å². The van der Waals surface area contributed by atoms with E-state index in [-0.39, 0.29) is 12.6 Å². The monoisotopic (exact) mass is 537 g/mol. The number of nitrogens with one attached hydrogen (secondary N) is 3. The van der Waals surface area contributed by atoms with Crippen LogP contribution in [0.15, 0.2) is 59.5 Å². The van der Waals surface area contributed by atoms with Gasteiger partial charge in [0.2, 0.25) is 0 Å². The summed E-state index contributed by atoms with van der Waals surface area (Å²) < 4.78 is 21.8. The number of hydrogen-bond donors (Lipinski definition) is 3. The highest BCUT2D eigenvalue weighted by molar-refractivity contribution is 6.00. The van der Waals surface area contributed by atoms with Crippen LogP contribution in [0.2, 0.25) is 0 Å². The molecular formula is C28H35N5O6. The molecule has 11 nitrogen and oxygen atoms in total. The summed E-state index contributed by atoms with van der Waals surface area (Å²) in [6, 6.07) is 12.1. The van der Waals surface area contributed by atoms with Crippen LogP contribution in [0.3, 0.4) is 0 Å². The molecule has 4 rings (SSSR count). The molecule has 11 heteroatoms. The summed E-state index contributed by atoms with van der Waals surface area (Å²) >= 11 is 0. The van der Waals surface area contributed by atoms with E-state index in [1.807, 2.05) is 19.1 Å². The molecule has 0 aliphatic carbocycles. The van der Waals surface area contributed by atoms with Gasteiger partial charge in [-0.25, -0.2) is 14.6 Å². The molecule has 2 heterocycles. The van der Waals surface area contributed by atoms with Gasteiger partial charge in [0.25, 0.3) is 0 Å². The molecule has 1 aliphatic rings. The topological polar surface area (TPSA) is 127 Å². The number of urea groups is 1. The second kappa shape index (κ2) is 14.2. The average Bonchev–Trinajstić information content (AvgIpc) is 3.49. The second-order valence-electron chi connectivity index (χ2n) is 9.09. The van der Waals surface area contributed by atoms with E-state index in [0.29, 0.717) is 22.9 Å². The number of oxazole rings is 1. The third-order valence-corrected chi connectivity index (χ3v) is 6.38. The lowest BCUT2D eigenvalue weighted by Crippen LogP contribution is -2.38. The van der Waals surface area contributed by atoms with Gasteiger partial charge in [0.1, 0.15) is 11.9 Å². The minimum atomic E-state index is -0.456. The third kappa shape index (κ3) is 8.45. The Balaban J connectivity index is 1.24. The van der Waals surface area contributed by atoms with Crippen molar-refractivity contribution in [2.45, 2.75) is 32.4 Å². The SMILES string of the molecule is CCC(CCN1CCOCC1)OC(=O)NCc1cccc(NC(=O)Nc2ccc(-c3cnco3)c(OC)c2)c1. The third-order valence-electron chi connectivity index (χ3n) is 6.38. The molecule has 0 saturated carbocycles. The van der Waals surface area contributed by atoms with Gasteiger partial charge in [-0.1, -0.05) is 19.1 Å². The lowest BCUT2D eigenvalue weighted by Gasteiger charge is -2.28. The molecule has 1 atom stereocenters. The fourth-order valence-electron chi connectivity index (χ4n) is 4.24. The Morgan fingerprint density at radius 1 is 1.10 bits per heavy atom. The van der Waals surface area contributed by atoms with E-state index in [4.69, 9.17) is 18.6 Å². The number of carbonyl (C=O) groups excluding carboxylic acids is 2. The quantitative estimate of drug-likeness (QED) is 0.321. The summed E-state index contributed by atoms with van der Waals surface area (Å²) in [5.41, 5.74) is 2.68. The van der Waals surface area contributed by atoms with Crippen LogP contribution in [0.4, 0.5) is 21.0 Å². The Bertz CT molecular complexity index is 1210. The lowest BCUT2D eigenvalue weighted by atomic mass is 10.1. The highest BCUT2D eigenvalue weighted by Gasteiger charge is 2.16. The van der Waals surface area contributed by atoms with Gasteiger partial charge in [-0.3, -0.25) is 4.90 Å². The Kier molecular flexibility index (Phi) is 10.1. The van der Waals surface area contributed by atoms with Crippen molar-refractivity contribution in [2.75, 3.05) is 50.6 Å². The van der Waals surface area contributed by atoms with Crippen molar-refractivity contribution in [3.8, 4) is 17.1 Å². The second-order valence-corrected chi connectivity index (χ2v) is 9.09. The zero-order chi connectivity index (χ0) is 27.5. The van der Waals surface area contributed by atoms with Crippen molar-refractivity contribution < 1.29 is 28.2 Å². The first-order valence-corrected chi connectivity index (χ1v) is 13.0. The highest BCUT2D eigenvalue weighted by atomic mass is 16.6. The molecule has 1 saturated heterocycles. The standard InChI is InChI=1S/C28H35N5O6/c1-3-23(9-10-33-11-13-37-14-12-33)39-28(35)30-17-20-5-4-6-21(15-20)31-27(34)32-22-7-8-24(25(16-22)36-2)26-18-29-19-38-26/h4-8,15-16,18-19,23H,3,9-14,17H2,1-2H3,(H,30,35)(H2,31,32,34). The predicted octanol–water partition coefficient (Wildman–Crippen LogP) is 4.72. The van der Waals surface area contributed by atoms with Gasteiger partial charge in [-0.15, -0.1) is 0 Å². The number of methoxy groups -OCH3 is 1. The average molecular weight is 538 g/mol. The van der Waals surface area contributed by atoms with Crippen LogP contribution in [0, 0.1) is 0 Å². The molecule has 2 aromatic carbocycles. The smallest absolute Gasteiger partial charge is 0.407 e. The minimum absolute atomic E-state index is 0.145. The maximum absolute atomic E-state index is 12.6. The number of aromatic nitrogens is 1. The molecule has 39 heavy (non-hydrogen) atoms. The van der Waals surface area contributed by atoms with E-state index in [1.54, 1.807) is 43.6 Å². The fourth-order valence-corrected chi connectivity index (χ4v) is 4.24. The van der Waals surface area contributed by atoms with E-state index >= 15 is 0 Å². The summed E-state index contributed by atoms with van der Waals surface area (Å²) in [5.74, 6) is 1.10. The Morgan fingerprint density at radius 2 is 1.90 bits per heavy atom. The molecule has 1 aliphatic heterocycles. The zero-order valence-corrected chi connectivity index (χ0v) is 22.3. The molecule has 0 spiro atoms. The molecule has 3 amide bonds. The number of benzene rings is 2. The van der Waals surface area contributed by atoms with Crippen molar-refractivity contribution in [3.63, 3.8) is 0 Å². The summed E-state index contributed by atoms with van der Waals surface area (Å²) in [5, 5.41) is 8.41. The Labute approximate surface area is 227 Å². The van der Waals surface area contributed by atoms with Crippen LogP contribution in [-0.2, 0) is 16.0 Å². The minimum Gasteiger partial charge on any atom is -0.496 e. The van der Waals surface area contributed by atoms with Crippen molar-refractivity contribution in [2.24, 2.45) is 0 Å². The summed E-state index contributed by atoms with van der Waals surface area (Å²) in [6.07, 6.45) is 3.87. The largest absolute Gasteiger partial charge is 0.496 e. The van der Waals surface area contributed by atoms with Crippen LogP contribution in [0.1, 0.15) is 25.3 Å². The number of carbonyl (C=O) groups is 2. The summed E-state index contributed by atoms with van der Waals surface area (Å²) in [7, 11) is 1.54. The van der Waals surface area contributed by atoms with Crippen molar-refractivity contribution in [3.05, 3.63) is 60.6 Å². The number of alkyl carbamates (subject to hydrolysis) is 1. The zero-order valence-electron chi connectivity index (χ0n) is 22.3. The van der Waals surface area contributed by atoms with Gasteiger partial charge in [-0.2, -0.15) is 0 Å². The molecule has 1 aromatic heterocycles. The first-order valence-electron chi connectivity index (χ1n) is 13.0. The van der Waals surface area contributed by atoms with E-state index in [0.717, 1.165) is 56.8 Å². The van der Waals surface area contributed by atoms with Crippen molar-refractivity contribution in [1.82, 2.24) is 15.2 Å². The van der Waals surface area contributed by atoms with Gasteiger partial charge in [0, 0.05) is 43.6 Å². The van der Waals surface area contributed by atoms with Gasteiger partial charge in [0.05, 0.1) is 32.1 Å². The van der Waals surface area contributed by atoms with Crippen LogP contribution in [0.25, 0.3) is 11.3 Å². The number of anilines is 2. The molecule has 1 fully saturated rings. The van der Waals surface area contributed by atoms with E-state index in [9.17, 15) is 9.59 Å². The van der Waals surface area contributed by atoms with Gasteiger partial charge in [-0.05, 0) is 42.7 Å². The molecule has 1 unspecified atom stereocenters. The molecular weight excluding hydrogens is 502 g/mol. The summed E-state index contributed by atoms with van der Waals surface area (Å²) in [6.45, 7) is 6.49. The Morgan fingerprint density at radius 3 is 2.62 bits per heavy atom. The number of morpholine rings is 1. The van der Waals surface area contributed by atoms with Gasteiger partial charge >= 0.3 is 12.1 Å².